The Morgan fingerprint density at radius 1 is 0.857 bits per heavy atom. The number of nitrogens with two attached hydrogens (primary N) is 1. The molecule has 0 saturated carbocycles. The van der Waals surface area contributed by atoms with Gasteiger partial charge in [-0.15, -0.1) is 12.4 Å². The van der Waals surface area contributed by atoms with Gasteiger partial charge in [0.25, 0.3) is 0 Å². The zero-order chi connectivity index (χ0) is 13.8. The molecular formula is C17H16ClNOS. The molecule has 1 aromatic heterocycles. The molecule has 0 aliphatic rings. The maximum Gasteiger partial charge on any atom is 0.127 e. The van der Waals surface area contributed by atoms with E-state index in [1.165, 1.54) is 0 Å². The predicted molar refractivity (Wildman–Crippen MR) is 90.6 cm³/mol. The smallest absolute Gasteiger partial charge is 0.127 e. The van der Waals surface area contributed by atoms with Crippen LogP contribution >= 0.6 is 23.7 Å². The molecule has 0 fully saturated rings. The number of para-hydroxylation sites is 1. The molecule has 4 heteroatoms. The van der Waals surface area contributed by atoms with Crippen molar-refractivity contribution >= 4 is 23.7 Å². The predicted octanol–water partition coefficient (Wildman–Crippen LogP) is 5.01. The SMILES string of the molecule is Cl.N[C@H](c1ccsc1)c1cccc(Oc2ccccc2)c1. The number of thiophene rings is 1. The summed E-state index contributed by atoms with van der Waals surface area (Å²) >= 11 is 1.66. The first-order valence-electron chi connectivity index (χ1n) is 6.43. The molecule has 1 atom stereocenters. The van der Waals surface area contributed by atoms with E-state index >= 15 is 0 Å². The summed E-state index contributed by atoms with van der Waals surface area (Å²) in [7, 11) is 0. The van der Waals surface area contributed by atoms with Gasteiger partial charge in [0.15, 0.2) is 0 Å². The molecule has 1 heterocycles. The Hall–Kier alpha value is -1.81. The van der Waals surface area contributed by atoms with Crippen LogP contribution in [0.1, 0.15) is 17.2 Å². The highest BCUT2D eigenvalue weighted by molar-refractivity contribution is 7.08. The third-order valence-electron chi connectivity index (χ3n) is 3.10. The molecule has 0 aliphatic carbocycles. The fourth-order valence-corrected chi connectivity index (χ4v) is 2.74. The molecule has 21 heavy (non-hydrogen) atoms. The third-order valence-corrected chi connectivity index (χ3v) is 3.80. The summed E-state index contributed by atoms with van der Waals surface area (Å²) in [4.78, 5) is 0. The lowest BCUT2D eigenvalue weighted by atomic mass is 10.0. The zero-order valence-electron chi connectivity index (χ0n) is 11.3. The molecule has 0 spiro atoms. The minimum atomic E-state index is -0.111. The van der Waals surface area contributed by atoms with E-state index in [0.717, 1.165) is 22.6 Å². The lowest BCUT2D eigenvalue weighted by molar-refractivity contribution is 0.481. The Kier molecular flexibility index (Phi) is 5.39. The first-order valence-corrected chi connectivity index (χ1v) is 7.38. The Morgan fingerprint density at radius 2 is 1.62 bits per heavy atom. The summed E-state index contributed by atoms with van der Waals surface area (Å²) in [6.07, 6.45) is 0. The second-order valence-corrected chi connectivity index (χ2v) is 5.30. The molecule has 0 amide bonds. The molecule has 0 saturated heterocycles. The number of ether oxygens (including phenoxy) is 1. The Balaban J connectivity index is 0.00000161. The Labute approximate surface area is 134 Å². The normalized spacial score (nSPS) is 11.5. The van der Waals surface area contributed by atoms with Gasteiger partial charge in [-0.05, 0) is 52.2 Å². The van der Waals surface area contributed by atoms with Crippen LogP contribution in [0, 0.1) is 0 Å². The number of hydrogen-bond donors (Lipinski definition) is 1. The molecule has 3 rings (SSSR count). The highest BCUT2D eigenvalue weighted by Gasteiger charge is 2.10. The van der Waals surface area contributed by atoms with Gasteiger partial charge in [0.2, 0.25) is 0 Å². The van der Waals surface area contributed by atoms with Crippen molar-refractivity contribution in [3.05, 3.63) is 82.6 Å². The fourth-order valence-electron chi connectivity index (χ4n) is 2.04. The van der Waals surface area contributed by atoms with Crippen molar-refractivity contribution in [2.45, 2.75) is 6.04 Å². The Bertz CT molecular complexity index is 670. The van der Waals surface area contributed by atoms with Crippen LogP contribution in [0.2, 0.25) is 0 Å². The molecule has 0 aliphatic heterocycles. The largest absolute Gasteiger partial charge is 0.457 e. The van der Waals surface area contributed by atoms with Crippen molar-refractivity contribution in [1.82, 2.24) is 0 Å². The van der Waals surface area contributed by atoms with Gasteiger partial charge in [0.1, 0.15) is 11.5 Å². The molecule has 3 aromatic rings. The van der Waals surface area contributed by atoms with Gasteiger partial charge in [0, 0.05) is 0 Å². The highest BCUT2D eigenvalue weighted by Crippen LogP contribution is 2.27. The van der Waals surface area contributed by atoms with Gasteiger partial charge >= 0.3 is 0 Å². The monoisotopic (exact) mass is 317 g/mol. The summed E-state index contributed by atoms with van der Waals surface area (Å²) in [5, 5.41) is 4.12. The summed E-state index contributed by atoms with van der Waals surface area (Å²) < 4.78 is 5.83. The van der Waals surface area contributed by atoms with Crippen LogP contribution in [0.15, 0.2) is 71.4 Å². The van der Waals surface area contributed by atoms with Crippen LogP contribution in [0.4, 0.5) is 0 Å². The van der Waals surface area contributed by atoms with Crippen molar-refractivity contribution in [3.63, 3.8) is 0 Å². The van der Waals surface area contributed by atoms with E-state index in [1.807, 2.05) is 60.0 Å². The number of rotatable bonds is 4. The fraction of sp³-hybridized carbons (Fsp3) is 0.0588. The number of halogens is 1. The van der Waals surface area contributed by atoms with Crippen molar-refractivity contribution in [2.75, 3.05) is 0 Å². The molecular weight excluding hydrogens is 302 g/mol. The van der Waals surface area contributed by atoms with Crippen LogP contribution in [-0.2, 0) is 0 Å². The number of hydrogen-bond acceptors (Lipinski definition) is 3. The van der Waals surface area contributed by atoms with Gasteiger partial charge in [-0.1, -0.05) is 30.3 Å². The summed E-state index contributed by atoms with van der Waals surface area (Å²) in [6.45, 7) is 0. The van der Waals surface area contributed by atoms with Crippen LogP contribution in [0.3, 0.4) is 0 Å². The van der Waals surface area contributed by atoms with Crippen LogP contribution in [-0.4, -0.2) is 0 Å². The topological polar surface area (TPSA) is 35.2 Å². The number of benzene rings is 2. The average Bonchev–Trinajstić information content (AvgIpc) is 3.02. The zero-order valence-corrected chi connectivity index (χ0v) is 12.9. The maximum absolute atomic E-state index is 6.27. The quantitative estimate of drug-likeness (QED) is 0.734. The summed E-state index contributed by atoms with van der Waals surface area (Å²) in [6, 6.07) is 19.6. The van der Waals surface area contributed by atoms with Crippen LogP contribution in [0.25, 0.3) is 0 Å². The molecule has 108 valence electrons. The summed E-state index contributed by atoms with van der Waals surface area (Å²) in [5.74, 6) is 1.63. The van der Waals surface area contributed by atoms with Gasteiger partial charge in [-0.3, -0.25) is 0 Å². The van der Waals surface area contributed by atoms with Crippen LogP contribution < -0.4 is 10.5 Å². The molecule has 0 unspecified atom stereocenters. The van der Waals surface area contributed by atoms with E-state index in [2.05, 4.69) is 11.4 Å². The first-order chi connectivity index (χ1) is 9.83. The lowest BCUT2D eigenvalue weighted by Gasteiger charge is -2.12. The second kappa shape index (κ2) is 7.27. The maximum atomic E-state index is 6.27. The van der Waals surface area contributed by atoms with Crippen molar-refractivity contribution < 1.29 is 4.74 Å². The molecule has 0 bridgehead atoms. The minimum absolute atomic E-state index is 0. The lowest BCUT2D eigenvalue weighted by Crippen LogP contribution is -2.10. The van der Waals surface area contributed by atoms with Gasteiger partial charge in [-0.25, -0.2) is 0 Å². The van der Waals surface area contributed by atoms with E-state index in [-0.39, 0.29) is 18.4 Å². The van der Waals surface area contributed by atoms with E-state index in [0.29, 0.717) is 0 Å². The molecule has 2 nitrogen and oxygen atoms in total. The summed E-state index contributed by atoms with van der Waals surface area (Å²) in [5.41, 5.74) is 8.46. The van der Waals surface area contributed by atoms with Crippen LogP contribution in [0.5, 0.6) is 11.5 Å². The van der Waals surface area contributed by atoms with Crippen molar-refractivity contribution in [2.24, 2.45) is 5.73 Å². The van der Waals surface area contributed by atoms with Gasteiger partial charge < -0.3 is 10.5 Å². The van der Waals surface area contributed by atoms with E-state index in [1.54, 1.807) is 11.3 Å². The third kappa shape index (κ3) is 3.85. The van der Waals surface area contributed by atoms with Crippen molar-refractivity contribution in [3.8, 4) is 11.5 Å². The average molecular weight is 318 g/mol. The molecule has 2 aromatic carbocycles. The molecule has 2 N–H and O–H groups in total. The van der Waals surface area contributed by atoms with Crippen molar-refractivity contribution in [1.29, 1.82) is 0 Å². The highest BCUT2D eigenvalue weighted by atomic mass is 35.5. The van der Waals surface area contributed by atoms with Gasteiger partial charge in [-0.2, -0.15) is 11.3 Å². The molecule has 0 radical (unpaired) electrons. The Morgan fingerprint density at radius 3 is 2.33 bits per heavy atom. The van der Waals surface area contributed by atoms with Gasteiger partial charge in [0.05, 0.1) is 6.04 Å². The second-order valence-electron chi connectivity index (χ2n) is 4.52. The standard InChI is InChI=1S/C17H15NOS.ClH/c18-17(14-9-10-20-12-14)13-5-4-8-16(11-13)19-15-6-2-1-3-7-15;/h1-12,17H,18H2;1H/t17-;/m0./s1. The minimum Gasteiger partial charge on any atom is -0.457 e. The van der Waals surface area contributed by atoms with E-state index in [4.69, 9.17) is 10.5 Å². The van der Waals surface area contributed by atoms with E-state index in [9.17, 15) is 0 Å². The van der Waals surface area contributed by atoms with E-state index < -0.39 is 0 Å². The first kappa shape index (κ1) is 15.6.